The Morgan fingerprint density at radius 3 is 1.46 bits per heavy atom. The number of hydrogen-bond acceptors (Lipinski definition) is 11. The molecule has 16 heteroatoms. The van der Waals surface area contributed by atoms with Crippen molar-refractivity contribution in [2.45, 2.75) is 65.2 Å². The Morgan fingerprint density at radius 2 is 1.08 bits per heavy atom. The molecular weight excluding hydrogens is 678 g/mol. The molecule has 4 rings (SSSR count). The highest BCUT2D eigenvalue weighted by Crippen LogP contribution is 2.12. The summed E-state index contributed by atoms with van der Waals surface area (Å²) in [5.41, 5.74) is 0.996. The van der Waals surface area contributed by atoms with E-state index in [9.17, 15) is 38.4 Å². The molecule has 5 amide bonds. The minimum Gasteiger partial charge on any atom is -0.461 e. The van der Waals surface area contributed by atoms with E-state index in [1.165, 1.54) is 4.90 Å². The molecular formula is C36H53N5O11. The van der Waals surface area contributed by atoms with Gasteiger partial charge in [-0.2, -0.15) is 0 Å². The molecule has 0 aliphatic carbocycles. The van der Waals surface area contributed by atoms with Gasteiger partial charge in [-0.25, -0.2) is 19.2 Å². The van der Waals surface area contributed by atoms with Crippen LogP contribution in [0.1, 0.15) is 65.2 Å². The van der Waals surface area contributed by atoms with Gasteiger partial charge in [0.1, 0.15) is 19.8 Å². The number of amides is 5. The summed E-state index contributed by atoms with van der Waals surface area (Å²) in [7, 11) is 0. The zero-order valence-corrected chi connectivity index (χ0v) is 30.5. The van der Waals surface area contributed by atoms with Crippen LogP contribution in [0.5, 0.6) is 0 Å². The number of nitrogens with one attached hydrogen (secondary N) is 1. The van der Waals surface area contributed by atoms with Gasteiger partial charge >= 0.3 is 23.9 Å². The molecule has 0 aromatic carbocycles. The summed E-state index contributed by atoms with van der Waals surface area (Å²) in [6.07, 6.45) is 7.78. The summed E-state index contributed by atoms with van der Waals surface area (Å²) in [6.45, 7) is 16.2. The van der Waals surface area contributed by atoms with E-state index in [0.717, 1.165) is 57.5 Å². The summed E-state index contributed by atoms with van der Waals surface area (Å²) in [4.78, 5) is 96.8. The number of allylic oxidation sites excluding steroid dienone is 1. The molecule has 0 atom stereocenters. The van der Waals surface area contributed by atoms with Crippen LogP contribution < -0.4 is 5.32 Å². The van der Waals surface area contributed by atoms with E-state index in [0.29, 0.717) is 76.1 Å². The Kier molecular flexibility index (Phi) is 19.5. The average Bonchev–Trinajstić information content (AvgIpc) is 3.91. The predicted molar refractivity (Wildman–Crippen MR) is 188 cm³/mol. The van der Waals surface area contributed by atoms with E-state index < -0.39 is 17.9 Å². The van der Waals surface area contributed by atoms with Gasteiger partial charge < -0.3 is 39.1 Å². The summed E-state index contributed by atoms with van der Waals surface area (Å²) in [5, 5.41) is 2.64. The van der Waals surface area contributed by atoms with Crippen LogP contribution >= 0.6 is 0 Å². The van der Waals surface area contributed by atoms with Gasteiger partial charge in [-0.15, -0.1) is 0 Å². The van der Waals surface area contributed by atoms with Gasteiger partial charge in [0.25, 0.3) is 0 Å². The summed E-state index contributed by atoms with van der Waals surface area (Å²) in [6, 6.07) is -0.179. The second kappa shape index (κ2) is 23.5. The molecule has 4 saturated heterocycles. The van der Waals surface area contributed by atoms with Crippen molar-refractivity contribution in [2.24, 2.45) is 0 Å². The van der Waals surface area contributed by atoms with E-state index >= 15 is 0 Å². The number of carbonyl (C=O) groups excluding carboxylic acids is 8. The number of esters is 3. The summed E-state index contributed by atoms with van der Waals surface area (Å²) in [5.74, 6) is -1.19. The van der Waals surface area contributed by atoms with E-state index in [1.807, 2.05) is 4.90 Å². The van der Waals surface area contributed by atoms with Crippen LogP contribution in [0.2, 0.25) is 0 Å². The lowest BCUT2D eigenvalue weighted by Crippen LogP contribution is -2.31. The number of ether oxygens (including phenoxy) is 3. The lowest BCUT2D eigenvalue weighted by Gasteiger charge is -2.14. The molecule has 4 aliphatic heterocycles. The monoisotopic (exact) mass is 731 g/mol. The molecule has 4 heterocycles. The first-order valence-electron chi connectivity index (χ1n) is 17.7. The van der Waals surface area contributed by atoms with Gasteiger partial charge in [-0.05, 0) is 45.1 Å². The number of likely N-dealkylation sites (tertiary alicyclic amines) is 3. The van der Waals surface area contributed by atoms with E-state index in [4.69, 9.17) is 14.2 Å². The fourth-order valence-electron chi connectivity index (χ4n) is 5.31. The largest absolute Gasteiger partial charge is 0.461 e. The minimum absolute atomic E-state index is 0.0582. The van der Waals surface area contributed by atoms with Gasteiger partial charge in [0.15, 0.2) is 5.78 Å². The Balaban J connectivity index is 0.000000288. The summed E-state index contributed by atoms with van der Waals surface area (Å²) >= 11 is 0. The SMILES string of the molecule is C=C(C)C(=O)CCCN1CCCC1=O.C=C(C)C(=O)OCCN1CCCC1=O.O=C(/C=C/C(=O)OCCN1CCNC1=O)OCCN1CCCC1=O. The molecule has 0 unspecified atom stereocenters. The quantitative estimate of drug-likeness (QED) is 0.130. The number of nitrogens with zero attached hydrogens (tertiary/aromatic N) is 4. The van der Waals surface area contributed by atoms with E-state index in [2.05, 4.69) is 18.5 Å². The molecule has 16 nitrogen and oxygen atoms in total. The van der Waals surface area contributed by atoms with Crippen molar-refractivity contribution in [1.82, 2.24) is 24.9 Å². The van der Waals surface area contributed by atoms with Crippen LogP contribution in [0.15, 0.2) is 36.5 Å². The van der Waals surface area contributed by atoms with Gasteiger partial charge in [-0.1, -0.05) is 13.2 Å². The maximum atomic E-state index is 11.4. The van der Waals surface area contributed by atoms with Gasteiger partial charge in [-0.3, -0.25) is 19.2 Å². The number of ketones is 1. The maximum Gasteiger partial charge on any atom is 0.333 e. The molecule has 0 aromatic rings. The highest BCUT2D eigenvalue weighted by molar-refractivity contribution is 5.94. The van der Waals surface area contributed by atoms with Crippen molar-refractivity contribution in [3.8, 4) is 0 Å². The van der Waals surface area contributed by atoms with Crippen LogP contribution in [-0.2, 0) is 47.8 Å². The third-order valence-electron chi connectivity index (χ3n) is 8.28. The molecule has 0 bridgehead atoms. The van der Waals surface area contributed by atoms with Crippen molar-refractivity contribution < 1.29 is 52.6 Å². The zero-order chi connectivity index (χ0) is 38.5. The van der Waals surface area contributed by atoms with Crippen LogP contribution in [0.25, 0.3) is 0 Å². The predicted octanol–water partition coefficient (Wildman–Crippen LogP) is 1.54. The molecule has 4 fully saturated rings. The topological polar surface area (TPSA) is 189 Å². The molecule has 288 valence electrons. The highest BCUT2D eigenvalue weighted by atomic mass is 16.5. The van der Waals surface area contributed by atoms with Crippen molar-refractivity contribution in [2.75, 3.05) is 78.7 Å². The first-order valence-corrected chi connectivity index (χ1v) is 17.7. The molecule has 0 radical (unpaired) electrons. The van der Waals surface area contributed by atoms with E-state index in [1.54, 1.807) is 23.6 Å². The van der Waals surface area contributed by atoms with Crippen molar-refractivity contribution in [1.29, 1.82) is 0 Å². The van der Waals surface area contributed by atoms with Gasteiger partial charge in [0.2, 0.25) is 17.7 Å². The first kappa shape index (κ1) is 43.1. The minimum atomic E-state index is -0.679. The lowest BCUT2D eigenvalue weighted by molar-refractivity contribution is -0.141. The smallest absolute Gasteiger partial charge is 0.333 e. The number of rotatable bonds is 17. The van der Waals surface area contributed by atoms with Crippen LogP contribution in [0.4, 0.5) is 4.79 Å². The second-order valence-electron chi connectivity index (χ2n) is 12.6. The Bertz CT molecular complexity index is 1260. The number of urea groups is 1. The third kappa shape index (κ3) is 16.8. The van der Waals surface area contributed by atoms with E-state index in [-0.39, 0.29) is 49.4 Å². The fraction of sp³-hybridized carbons (Fsp3) is 0.611. The van der Waals surface area contributed by atoms with Crippen molar-refractivity contribution in [3.63, 3.8) is 0 Å². The Morgan fingerprint density at radius 1 is 0.635 bits per heavy atom. The molecule has 4 aliphatic rings. The molecule has 0 spiro atoms. The molecule has 0 saturated carbocycles. The third-order valence-corrected chi connectivity index (χ3v) is 8.28. The summed E-state index contributed by atoms with van der Waals surface area (Å²) < 4.78 is 14.7. The van der Waals surface area contributed by atoms with Crippen LogP contribution in [0, 0.1) is 0 Å². The Hall–Kier alpha value is -5.02. The highest BCUT2D eigenvalue weighted by Gasteiger charge is 2.22. The van der Waals surface area contributed by atoms with Gasteiger partial charge in [0.05, 0.1) is 19.6 Å². The fourth-order valence-corrected chi connectivity index (χ4v) is 5.31. The Labute approximate surface area is 305 Å². The average molecular weight is 732 g/mol. The van der Waals surface area contributed by atoms with Crippen LogP contribution in [-0.4, -0.2) is 146 Å². The number of carbonyl (C=O) groups is 8. The normalized spacial score (nSPS) is 16.7. The lowest BCUT2D eigenvalue weighted by atomic mass is 10.1. The standard InChI is InChI=1S/C15H21N3O6.C11H17NO2.C10H15NO3/c19-12-2-1-6-17(12)8-10-23-13(20)3-4-14(21)24-11-9-18-7-5-16-15(18)22;1-9(2)10(13)5-3-7-12-8-4-6-11(12)14;1-8(2)10(13)14-7-6-11-5-3-4-9(11)12/h3-4H,1-2,5-11H2,(H,16,22);1,3-8H2,2H3;1,3-7H2,2H3/b4-3+;;. The molecule has 1 N–H and O–H groups in total. The second-order valence-corrected chi connectivity index (χ2v) is 12.6. The number of hydrogen-bond donors (Lipinski definition) is 1. The molecule has 0 aromatic heterocycles. The number of Topliss-reactive ketones (excluding diaryl/α,β-unsaturated/α-hetero) is 1. The molecule has 52 heavy (non-hydrogen) atoms. The van der Waals surface area contributed by atoms with Crippen molar-refractivity contribution in [3.05, 3.63) is 36.5 Å². The maximum absolute atomic E-state index is 11.4. The first-order chi connectivity index (χ1) is 24.8. The van der Waals surface area contributed by atoms with Gasteiger partial charge in [0, 0.05) is 82.7 Å². The zero-order valence-electron chi connectivity index (χ0n) is 30.5. The van der Waals surface area contributed by atoms with Crippen LogP contribution in [0.3, 0.4) is 0 Å². The van der Waals surface area contributed by atoms with Crippen molar-refractivity contribution >= 4 is 47.4 Å².